The van der Waals surface area contributed by atoms with Gasteiger partial charge in [-0.3, -0.25) is 4.79 Å². The van der Waals surface area contributed by atoms with E-state index in [0.29, 0.717) is 18.2 Å². The Balaban J connectivity index is 1.50. The smallest absolute Gasteiger partial charge is 0.230 e. The maximum atomic E-state index is 12.6. The first-order chi connectivity index (χ1) is 14.1. The molecule has 5 heteroatoms. The predicted molar refractivity (Wildman–Crippen MR) is 120 cm³/mol. The predicted octanol–water partition coefficient (Wildman–Crippen LogP) is 5.85. The molecule has 0 saturated carbocycles. The fourth-order valence-electron chi connectivity index (χ4n) is 3.38. The molecule has 0 aliphatic heterocycles. The Bertz CT molecular complexity index is 1140. The lowest BCUT2D eigenvalue weighted by atomic mass is 10.0. The van der Waals surface area contributed by atoms with Crippen LogP contribution in [-0.2, 0) is 11.2 Å². The van der Waals surface area contributed by atoms with Crippen molar-refractivity contribution in [3.8, 4) is 17.0 Å². The van der Waals surface area contributed by atoms with Gasteiger partial charge in [0.25, 0.3) is 0 Å². The van der Waals surface area contributed by atoms with Crippen LogP contribution in [0.5, 0.6) is 5.75 Å². The number of amides is 1. The van der Waals surface area contributed by atoms with E-state index in [1.54, 1.807) is 0 Å². The average molecular weight is 403 g/mol. The number of carbonyl (C=O) groups is 1. The monoisotopic (exact) mass is 402 g/mol. The quantitative estimate of drug-likeness (QED) is 0.440. The Kier molecular flexibility index (Phi) is 5.58. The summed E-state index contributed by atoms with van der Waals surface area (Å²) in [6.07, 6.45) is 0.318. The molecule has 4 aromatic rings. The molecule has 1 amide bonds. The van der Waals surface area contributed by atoms with E-state index in [-0.39, 0.29) is 5.91 Å². The summed E-state index contributed by atoms with van der Waals surface area (Å²) in [5, 5.41) is 5.83. The van der Waals surface area contributed by atoms with Gasteiger partial charge in [-0.25, -0.2) is 4.98 Å². The highest BCUT2D eigenvalue weighted by molar-refractivity contribution is 7.16. The van der Waals surface area contributed by atoms with E-state index in [1.807, 2.05) is 62.4 Å². The maximum Gasteiger partial charge on any atom is 0.230 e. The van der Waals surface area contributed by atoms with Gasteiger partial charge in [-0.05, 0) is 54.4 Å². The second-order valence-electron chi connectivity index (χ2n) is 6.74. The lowest BCUT2D eigenvalue weighted by Crippen LogP contribution is -2.14. The highest BCUT2D eigenvalue weighted by Gasteiger charge is 2.13. The Labute approximate surface area is 174 Å². The number of fused-ring (bicyclic) bond motifs is 1. The number of rotatable bonds is 6. The van der Waals surface area contributed by atoms with Gasteiger partial charge < -0.3 is 10.1 Å². The number of hydrogen-bond acceptors (Lipinski definition) is 4. The summed E-state index contributed by atoms with van der Waals surface area (Å²) >= 11 is 1.49. The van der Waals surface area contributed by atoms with Crippen LogP contribution in [0.2, 0.25) is 0 Å². The highest BCUT2D eigenvalue weighted by atomic mass is 32.1. The molecule has 0 radical (unpaired) electrons. The number of aryl methyl sites for hydroxylation is 1. The van der Waals surface area contributed by atoms with Crippen molar-refractivity contribution in [2.45, 2.75) is 20.3 Å². The largest absolute Gasteiger partial charge is 0.494 e. The molecule has 0 aliphatic rings. The van der Waals surface area contributed by atoms with Gasteiger partial charge in [0.2, 0.25) is 5.91 Å². The van der Waals surface area contributed by atoms with Crippen molar-refractivity contribution in [3.05, 3.63) is 77.2 Å². The van der Waals surface area contributed by atoms with Gasteiger partial charge in [0, 0.05) is 10.4 Å². The highest BCUT2D eigenvalue weighted by Crippen LogP contribution is 2.31. The van der Waals surface area contributed by atoms with Gasteiger partial charge >= 0.3 is 0 Å². The van der Waals surface area contributed by atoms with E-state index in [9.17, 15) is 4.79 Å². The second-order valence-corrected chi connectivity index (χ2v) is 7.95. The van der Waals surface area contributed by atoms with Crippen molar-refractivity contribution in [1.29, 1.82) is 0 Å². The number of nitrogens with zero attached hydrogens (tertiary/aromatic N) is 1. The molecular weight excluding hydrogens is 380 g/mol. The minimum atomic E-state index is -0.0617. The molecule has 146 valence electrons. The topological polar surface area (TPSA) is 51.2 Å². The van der Waals surface area contributed by atoms with E-state index < -0.39 is 0 Å². The number of ether oxygens (including phenoxy) is 1. The fraction of sp³-hybridized carbons (Fsp3) is 0.167. The number of nitrogens with one attached hydrogen (secondary N) is 1. The van der Waals surface area contributed by atoms with Crippen molar-refractivity contribution in [2.75, 3.05) is 11.9 Å². The van der Waals surface area contributed by atoms with Crippen LogP contribution in [0.1, 0.15) is 17.4 Å². The molecule has 3 aromatic carbocycles. The Morgan fingerprint density at radius 2 is 1.79 bits per heavy atom. The zero-order valence-corrected chi connectivity index (χ0v) is 17.3. The van der Waals surface area contributed by atoms with E-state index >= 15 is 0 Å². The van der Waals surface area contributed by atoms with Gasteiger partial charge in [0.15, 0.2) is 5.13 Å². The molecule has 1 heterocycles. The maximum absolute atomic E-state index is 12.6. The molecule has 0 aliphatic carbocycles. The molecule has 0 unspecified atom stereocenters. The van der Waals surface area contributed by atoms with Crippen LogP contribution in [0.25, 0.3) is 22.0 Å². The normalized spacial score (nSPS) is 10.8. The van der Waals surface area contributed by atoms with Crippen LogP contribution in [0.3, 0.4) is 0 Å². The molecule has 29 heavy (non-hydrogen) atoms. The van der Waals surface area contributed by atoms with Crippen molar-refractivity contribution >= 4 is 33.1 Å². The molecule has 4 rings (SSSR count). The zero-order chi connectivity index (χ0) is 20.2. The molecule has 1 N–H and O–H groups in total. The second kappa shape index (κ2) is 8.45. The third-order valence-electron chi connectivity index (χ3n) is 4.71. The molecule has 0 spiro atoms. The molecule has 0 saturated heterocycles. The molecule has 4 nitrogen and oxygen atoms in total. The number of benzene rings is 3. The summed E-state index contributed by atoms with van der Waals surface area (Å²) in [6, 6.07) is 22.0. The molecule has 1 aromatic heterocycles. The van der Waals surface area contributed by atoms with E-state index in [4.69, 9.17) is 4.74 Å². The lowest BCUT2D eigenvalue weighted by molar-refractivity contribution is -0.115. The number of thiazole rings is 1. The van der Waals surface area contributed by atoms with Crippen molar-refractivity contribution in [2.24, 2.45) is 0 Å². The van der Waals surface area contributed by atoms with Crippen LogP contribution >= 0.6 is 11.3 Å². The average Bonchev–Trinajstić information content (AvgIpc) is 3.09. The lowest BCUT2D eigenvalue weighted by Gasteiger charge is -2.06. The third kappa shape index (κ3) is 4.30. The van der Waals surface area contributed by atoms with Gasteiger partial charge in [-0.15, -0.1) is 11.3 Å². The molecule has 0 bridgehead atoms. The summed E-state index contributed by atoms with van der Waals surface area (Å²) in [4.78, 5) is 18.3. The van der Waals surface area contributed by atoms with Crippen LogP contribution in [0.15, 0.2) is 66.7 Å². The minimum absolute atomic E-state index is 0.0617. The summed E-state index contributed by atoms with van der Waals surface area (Å²) in [7, 11) is 0. The van der Waals surface area contributed by atoms with Gasteiger partial charge in [-0.1, -0.05) is 42.5 Å². The first-order valence-corrected chi connectivity index (χ1v) is 10.4. The van der Waals surface area contributed by atoms with Gasteiger partial charge in [-0.2, -0.15) is 0 Å². The van der Waals surface area contributed by atoms with Crippen molar-refractivity contribution in [3.63, 3.8) is 0 Å². The Morgan fingerprint density at radius 1 is 1.03 bits per heavy atom. The molecule has 0 fully saturated rings. The van der Waals surface area contributed by atoms with Gasteiger partial charge in [0.05, 0.1) is 18.7 Å². The molecular formula is C24H22N2O2S. The van der Waals surface area contributed by atoms with Crippen molar-refractivity contribution in [1.82, 2.24) is 4.98 Å². The summed E-state index contributed by atoms with van der Waals surface area (Å²) < 4.78 is 5.50. The first kappa shape index (κ1) is 19.2. The number of hydrogen-bond donors (Lipinski definition) is 1. The van der Waals surface area contributed by atoms with E-state index in [1.165, 1.54) is 11.3 Å². The Hall–Kier alpha value is -3.18. The number of carbonyl (C=O) groups excluding carboxylic acids is 1. The fourth-order valence-corrected chi connectivity index (χ4v) is 4.23. The zero-order valence-electron chi connectivity index (χ0n) is 16.4. The van der Waals surface area contributed by atoms with E-state index in [0.717, 1.165) is 38.2 Å². The van der Waals surface area contributed by atoms with E-state index in [2.05, 4.69) is 28.5 Å². The Morgan fingerprint density at radius 3 is 2.59 bits per heavy atom. The number of aromatic nitrogens is 1. The van der Waals surface area contributed by atoms with Crippen LogP contribution in [0, 0.1) is 6.92 Å². The summed E-state index contributed by atoms with van der Waals surface area (Å²) in [6.45, 7) is 4.62. The molecule has 0 atom stereocenters. The summed E-state index contributed by atoms with van der Waals surface area (Å²) in [5.74, 6) is 0.779. The van der Waals surface area contributed by atoms with Crippen LogP contribution in [0.4, 0.5) is 5.13 Å². The van der Waals surface area contributed by atoms with Gasteiger partial charge in [0.1, 0.15) is 5.75 Å². The van der Waals surface area contributed by atoms with Crippen molar-refractivity contribution < 1.29 is 9.53 Å². The SMILES string of the molecule is CCOc1ccc(-c2nc(NC(=O)Cc3cccc4ccccc34)sc2C)cc1. The van der Waals surface area contributed by atoms with Crippen LogP contribution in [-0.4, -0.2) is 17.5 Å². The minimum Gasteiger partial charge on any atom is -0.494 e. The first-order valence-electron chi connectivity index (χ1n) is 9.61. The van der Waals surface area contributed by atoms with Crippen LogP contribution < -0.4 is 10.1 Å². The summed E-state index contributed by atoms with van der Waals surface area (Å²) in [5.41, 5.74) is 2.91. The number of anilines is 1. The standard InChI is InChI=1S/C24H22N2O2S/c1-3-28-20-13-11-18(12-14-20)23-16(2)29-24(26-23)25-22(27)15-19-9-6-8-17-7-4-5-10-21(17)19/h4-14H,3,15H2,1-2H3,(H,25,26,27). The third-order valence-corrected chi connectivity index (χ3v) is 5.60.